The minimum Gasteiger partial charge on any atom is -0.497 e. The second-order valence-corrected chi connectivity index (χ2v) is 8.31. The predicted octanol–water partition coefficient (Wildman–Crippen LogP) is 4.54. The molecule has 1 unspecified atom stereocenters. The Morgan fingerprint density at radius 1 is 1.03 bits per heavy atom. The zero-order valence-electron chi connectivity index (χ0n) is 18.7. The number of ether oxygens (including phenoxy) is 1. The molecule has 0 radical (unpaired) electrons. The van der Waals surface area contributed by atoms with E-state index >= 15 is 0 Å². The van der Waals surface area contributed by atoms with Crippen LogP contribution >= 0.6 is 0 Å². The number of benzene rings is 3. The molecule has 0 aromatic heterocycles. The Morgan fingerprint density at radius 2 is 1.78 bits per heavy atom. The monoisotopic (exact) mass is 428 g/mol. The lowest BCUT2D eigenvalue weighted by Gasteiger charge is -2.44. The van der Waals surface area contributed by atoms with Crippen molar-refractivity contribution < 1.29 is 14.3 Å². The molecule has 4 rings (SSSR count). The standard InChI is InChI=1S/C27H28N2O3/c1-4-19-9-7-12-22(15-19)29-25(30)24-14-6-5-11-21(24)17-27(29,2)26(31)28-18-20-10-8-13-23(16-20)32-3/h5-16H,4,17-18H2,1-3H3,(H,28,31). The Balaban J connectivity index is 1.70. The zero-order chi connectivity index (χ0) is 22.7. The highest BCUT2D eigenvalue weighted by molar-refractivity contribution is 6.14. The molecule has 32 heavy (non-hydrogen) atoms. The van der Waals surface area contributed by atoms with Gasteiger partial charge in [-0.15, -0.1) is 0 Å². The normalized spacial score (nSPS) is 17.6. The summed E-state index contributed by atoms with van der Waals surface area (Å²) >= 11 is 0. The number of carbonyl (C=O) groups excluding carboxylic acids is 2. The summed E-state index contributed by atoms with van der Waals surface area (Å²) in [5, 5.41) is 3.05. The van der Waals surface area contributed by atoms with Crippen molar-refractivity contribution in [1.29, 1.82) is 0 Å². The van der Waals surface area contributed by atoms with Crippen LogP contribution in [0.15, 0.2) is 72.8 Å². The third kappa shape index (κ3) is 3.98. The maximum atomic E-state index is 13.6. The molecule has 5 nitrogen and oxygen atoms in total. The number of amides is 2. The first-order valence-electron chi connectivity index (χ1n) is 10.9. The number of carbonyl (C=O) groups is 2. The summed E-state index contributed by atoms with van der Waals surface area (Å²) in [5.41, 5.74) is 3.27. The Labute approximate surface area is 189 Å². The van der Waals surface area contributed by atoms with E-state index in [0.29, 0.717) is 18.5 Å². The second-order valence-electron chi connectivity index (χ2n) is 8.31. The van der Waals surface area contributed by atoms with Gasteiger partial charge in [-0.25, -0.2) is 0 Å². The third-order valence-corrected chi connectivity index (χ3v) is 6.13. The minimum atomic E-state index is -1.06. The molecule has 1 atom stereocenters. The van der Waals surface area contributed by atoms with Gasteiger partial charge in [-0.1, -0.05) is 49.4 Å². The van der Waals surface area contributed by atoms with E-state index in [1.807, 2.05) is 79.7 Å². The molecule has 2 amide bonds. The average molecular weight is 429 g/mol. The van der Waals surface area contributed by atoms with Crippen molar-refractivity contribution in [3.63, 3.8) is 0 Å². The predicted molar refractivity (Wildman–Crippen MR) is 126 cm³/mol. The molecule has 0 saturated heterocycles. The van der Waals surface area contributed by atoms with E-state index in [1.165, 1.54) is 0 Å². The summed E-state index contributed by atoms with van der Waals surface area (Å²) < 4.78 is 5.28. The SMILES string of the molecule is CCc1cccc(N2C(=O)c3ccccc3CC2(C)C(=O)NCc2cccc(OC)c2)c1. The third-order valence-electron chi connectivity index (χ3n) is 6.13. The quantitative estimate of drug-likeness (QED) is 0.627. The van der Waals surface area contributed by atoms with E-state index in [1.54, 1.807) is 12.0 Å². The van der Waals surface area contributed by atoms with Crippen LogP contribution < -0.4 is 15.0 Å². The van der Waals surface area contributed by atoms with Gasteiger partial charge >= 0.3 is 0 Å². The largest absolute Gasteiger partial charge is 0.497 e. The molecule has 3 aromatic rings. The molecule has 164 valence electrons. The molecular weight excluding hydrogens is 400 g/mol. The number of hydrogen-bond acceptors (Lipinski definition) is 3. The molecule has 0 fully saturated rings. The summed E-state index contributed by atoms with van der Waals surface area (Å²) in [5.74, 6) is 0.395. The van der Waals surface area contributed by atoms with Crippen LogP contribution in [0.5, 0.6) is 5.75 Å². The van der Waals surface area contributed by atoms with Crippen LogP contribution in [-0.4, -0.2) is 24.5 Å². The molecule has 1 heterocycles. The summed E-state index contributed by atoms with van der Waals surface area (Å²) in [6.45, 7) is 4.27. The van der Waals surface area contributed by atoms with Gasteiger partial charge in [0, 0.05) is 24.2 Å². The van der Waals surface area contributed by atoms with Gasteiger partial charge in [0.25, 0.3) is 5.91 Å². The van der Waals surface area contributed by atoms with E-state index in [2.05, 4.69) is 12.2 Å². The van der Waals surface area contributed by atoms with Gasteiger partial charge in [0.2, 0.25) is 5.91 Å². The summed E-state index contributed by atoms with van der Waals surface area (Å²) in [4.78, 5) is 28.9. The number of fused-ring (bicyclic) bond motifs is 1. The number of nitrogens with one attached hydrogen (secondary N) is 1. The molecule has 0 saturated carbocycles. The van der Waals surface area contributed by atoms with Crippen molar-refractivity contribution in [2.45, 2.75) is 38.8 Å². The first-order valence-corrected chi connectivity index (χ1v) is 10.9. The minimum absolute atomic E-state index is 0.154. The van der Waals surface area contributed by atoms with Gasteiger partial charge in [-0.2, -0.15) is 0 Å². The lowest BCUT2D eigenvalue weighted by atomic mass is 9.82. The first-order chi connectivity index (χ1) is 15.5. The van der Waals surface area contributed by atoms with Gasteiger partial charge in [0.05, 0.1) is 7.11 Å². The molecule has 1 aliphatic heterocycles. The first kappa shape index (κ1) is 21.6. The van der Waals surface area contributed by atoms with Crippen LogP contribution in [0.4, 0.5) is 5.69 Å². The average Bonchev–Trinajstić information content (AvgIpc) is 2.82. The summed E-state index contributed by atoms with van der Waals surface area (Å²) in [6, 6.07) is 23.0. The highest BCUT2D eigenvalue weighted by Crippen LogP contribution is 2.36. The number of anilines is 1. The fourth-order valence-corrected chi connectivity index (χ4v) is 4.33. The smallest absolute Gasteiger partial charge is 0.259 e. The van der Waals surface area contributed by atoms with Crippen LogP contribution in [0, 0.1) is 0 Å². The molecule has 1 N–H and O–H groups in total. The molecular formula is C27H28N2O3. The van der Waals surface area contributed by atoms with Gasteiger partial charge < -0.3 is 10.1 Å². The number of rotatable bonds is 6. The van der Waals surface area contributed by atoms with Crippen LogP contribution in [0.2, 0.25) is 0 Å². The lowest BCUT2D eigenvalue weighted by molar-refractivity contribution is -0.126. The maximum absolute atomic E-state index is 13.6. The zero-order valence-corrected chi connectivity index (χ0v) is 18.7. The molecule has 5 heteroatoms. The second kappa shape index (κ2) is 8.87. The fraction of sp³-hybridized carbons (Fsp3) is 0.259. The molecule has 0 spiro atoms. The van der Waals surface area contributed by atoms with Crippen molar-refractivity contribution in [2.75, 3.05) is 12.0 Å². The Bertz CT molecular complexity index is 1160. The highest BCUT2D eigenvalue weighted by atomic mass is 16.5. The molecule has 0 bridgehead atoms. The molecule has 1 aliphatic rings. The lowest BCUT2D eigenvalue weighted by Crippen LogP contribution is -2.63. The summed E-state index contributed by atoms with van der Waals surface area (Å²) in [7, 11) is 1.62. The van der Waals surface area contributed by atoms with E-state index in [0.717, 1.165) is 34.5 Å². The van der Waals surface area contributed by atoms with Crippen LogP contribution in [-0.2, 0) is 24.2 Å². The highest BCUT2D eigenvalue weighted by Gasteiger charge is 2.47. The van der Waals surface area contributed by atoms with Crippen LogP contribution in [0.1, 0.15) is 40.9 Å². The van der Waals surface area contributed by atoms with Crippen LogP contribution in [0.3, 0.4) is 0 Å². The Hall–Kier alpha value is -3.60. The van der Waals surface area contributed by atoms with Gasteiger partial charge in [0.15, 0.2) is 0 Å². The van der Waals surface area contributed by atoms with Gasteiger partial charge in [-0.05, 0) is 60.4 Å². The molecule has 3 aromatic carbocycles. The number of nitrogens with zero attached hydrogens (tertiary/aromatic N) is 1. The Kier molecular flexibility index (Phi) is 5.99. The van der Waals surface area contributed by atoms with Crippen LogP contribution in [0.25, 0.3) is 0 Å². The van der Waals surface area contributed by atoms with E-state index < -0.39 is 5.54 Å². The van der Waals surface area contributed by atoms with E-state index in [4.69, 9.17) is 4.74 Å². The summed E-state index contributed by atoms with van der Waals surface area (Å²) in [6.07, 6.45) is 1.29. The van der Waals surface area contributed by atoms with E-state index in [9.17, 15) is 9.59 Å². The number of aryl methyl sites for hydroxylation is 1. The Morgan fingerprint density at radius 3 is 2.56 bits per heavy atom. The van der Waals surface area contributed by atoms with E-state index in [-0.39, 0.29) is 11.8 Å². The van der Waals surface area contributed by atoms with Crippen molar-refractivity contribution in [1.82, 2.24) is 5.32 Å². The van der Waals surface area contributed by atoms with Crippen molar-refractivity contribution in [3.05, 3.63) is 95.1 Å². The topological polar surface area (TPSA) is 58.6 Å². The van der Waals surface area contributed by atoms with Crippen molar-refractivity contribution in [3.8, 4) is 5.75 Å². The molecule has 0 aliphatic carbocycles. The van der Waals surface area contributed by atoms with Crippen molar-refractivity contribution in [2.24, 2.45) is 0 Å². The number of methoxy groups -OCH3 is 1. The number of hydrogen-bond donors (Lipinski definition) is 1. The van der Waals surface area contributed by atoms with Gasteiger partial charge in [0.1, 0.15) is 11.3 Å². The van der Waals surface area contributed by atoms with Crippen molar-refractivity contribution >= 4 is 17.5 Å². The van der Waals surface area contributed by atoms with Gasteiger partial charge in [-0.3, -0.25) is 14.5 Å². The fourth-order valence-electron chi connectivity index (χ4n) is 4.33. The maximum Gasteiger partial charge on any atom is 0.259 e.